The molecule has 0 amide bonds. The SMILES string of the molecule is CN1CCC(CN(C)c2ccc(N)cc2C(F)F)CC1. The maximum Gasteiger partial charge on any atom is 0.265 e. The van der Waals surface area contributed by atoms with E-state index >= 15 is 0 Å². The zero-order chi connectivity index (χ0) is 14.7. The standard InChI is InChI=1S/C15H23F2N3/c1-19-7-5-11(6-8-19)10-20(2)14-4-3-12(18)9-13(14)15(16)17/h3-4,9,11,15H,5-8,10,18H2,1-2H3. The van der Waals surface area contributed by atoms with Gasteiger partial charge in [0.15, 0.2) is 0 Å². The van der Waals surface area contributed by atoms with Gasteiger partial charge in [-0.3, -0.25) is 0 Å². The highest BCUT2D eigenvalue weighted by Gasteiger charge is 2.21. The van der Waals surface area contributed by atoms with Crippen molar-refractivity contribution in [3.05, 3.63) is 23.8 Å². The first kappa shape index (κ1) is 15.0. The van der Waals surface area contributed by atoms with Crippen LogP contribution in [0.15, 0.2) is 18.2 Å². The van der Waals surface area contributed by atoms with Gasteiger partial charge >= 0.3 is 0 Å². The fraction of sp³-hybridized carbons (Fsp3) is 0.600. The Kier molecular flexibility index (Phi) is 4.81. The van der Waals surface area contributed by atoms with Gasteiger partial charge in [0.05, 0.1) is 0 Å². The Hall–Kier alpha value is -1.36. The average molecular weight is 283 g/mol. The minimum Gasteiger partial charge on any atom is -0.399 e. The van der Waals surface area contributed by atoms with Gasteiger partial charge in [-0.15, -0.1) is 0 Å². The Morgan fingerprint density at radius 3 is 2.60 bits per heavy atom. The fourth-order valence-electron chi connectivity index (χ4n) is 2.83. The van der Waals surface area contributed by atoms with Gasteiger partial charge in [-0.05, 0) is 57.1 Å². The van der Waals surface area contributed by atoms with E-state index in [0.717, 1.165) is 32.5 Å². The second-order valence-electron chi connectivity index (χ2n) is 5.75. The minimum atomic E-state index is -2.49. The first-order chi connectivity index (χ1) is 9.47. The summed E-state index contributed by atoms with van der Waals surface area (Å²) in [5.41, 5.74) is 6.61. The summed E-state index contributed by atoms with van der Waals surface area (Å²) in [7, 11) is 4.00. The molecular formula is C15H23F2N3. The lowest BCUT2D eigenvalue weighted by Gasteiger charge is -2.33. The number of hydrogen-bond donors (Lipinski definition) is 1. The van der Waals surface area contributed by atoms with Crippen LogP contribution in [0.3, 0.4) is 0 Å². The maximum atomic E-state index is 13.1. The van der Waals surface area contributed by atoms with Crippen LogP contribution in [0.1, 0.15) is 24.8 Å². The van der Waals surface area contributed by atoms with Crippen molar-refractivity contribution in [3.8, 4) is 0 Å². The summed E-state index contributed by atoms with van der Waals surface area (Å²) in [6.45, 7) is 2.99. The minimum absolute atomic E-state index is 0.0282. The van der Waals surface area contributed by atoms with Crippen LogP contribution < -0.4 is 10.6 Å². The van der Waals surface area contributed by atoms with Gasteiger partial charge in [-0.25, -0.2) is 8.78 Å². The number of benzene rings is 1. The third kappa shape index (κ3) is 3.60. The first-order valence-corrected chi connectivity index (χ1v) is 7.04. The van der Waals surface area contributed by atoms with Crippen LogP contribution in [0, 0.1) is 5.92 Å². The van der Waals surface area contributed by atoms with Crippen molar-refractivity contribution < 1.29 is 8.78 Å². The van der Waals surface area contributed by atoms with Gasteiger partial charge in [0, 0.05) is 30.5 Å². The van der Waals surface area contributed by atoms with E-state index in [-0.39, 0.29) is 5.56 Å². The first-order valence-electron chi connectivity index (χ1n) is 7.04. The summed E-state index contributed by atoms with van der Waals surface area (Å²) < 4.78 is 26.2. The quantitative estimate of drug-likeness (QED) is 0.862. The van der Waals surface area contributed by atoms with E-state index in [1.54, 1.807) is 12.1 Å². The number of piperidine rings is 1. The van der Waals surface area contributed by atoms with Gasteiger partial charge in [-0.1, -0.05) is 0 Å². The lowest BCUT2D eigenvalue weighted by Crippen LogP contribution is -2.36. The summed E-state index contributed by atoms with van der Waals surface area (Å²) in [4.78, 5) is 4.25. The number of rotatable bonds is 4. The lowest BCUT2D eigenvalue weighted by atomic mass is 9.96. The molecule has 1 aliphatic heterocycles. The molecule has 0 spiro atoms. The second-order valence-corrected chi connectivity index (χ2v) is 5.75. The van der Waals surface area contributed by atoms with Gasteiger partial charge in [-0.2, -0.15) is 0 Å². The highest BCUT2D eigenvalue weighted by Crippen LogP contribution is 2.32. The van der Waals surface area contributed by atoms with E-state index in [4.69, 9.17) is 5.73 Å². The van der Waals surface area contributed by atoms with Crippen LogP contribution in [-0.4, -0.2) is 38.6 Å². The molecule has 1 aromatic rings. The molecule has 0 radical (unpaired) electrons. The van der Waals surface area contributed by atoms with E-state index in [0.29, 0.717) is 17.3 Å². The molecule has 1 fully saturated rings. The smallest absolute Gasteiger partial charge is 0.265 e. The number of nitrogens with two attached hydrogens (primary N) is 1. The molecule has 0 saturated carbocycles. The maximum absolute atomic E-state index is 13.1. The van der Waals surface area contributed by atoms with E-state index in [2.05, 4.69) is 11.9 Å². The molecule has 0 bridgehead atoms. The summed E-state index contributed by atoms with van der Waals surface area (Å²) in [5, 5.41) is 0. The molecule has 1 aliphatic rings. The molecule has 0 unspecified atom stereocenters. The highest BCUT2D eigenvalue weighted by atomic mass is 19.3. The van der Waals surface area contributed by atoms with E-state index in [9.17, 15) is 8.78 Å². The van der Waals surface area contributed by atoms with Crippen molar-refractivity contribution in [2.75, 3.05) is 44.4 Å². The number of hydrogen-bond acceptors (Lipinski definition) is 3. The average Bonchev–Trinajstić information content (AvgIpc) is 2.41. The fourth-order valence-corrected chi connectivity index (χ4v) is 2.83. The Morgan fingerprint density at radius 1 is 1.35 bits per heavy atom. The molecule has 1 saturated heterocycles. The number of nitrogen functional groups attached to an aromatic ring is 1. The van der Waals surface area contributed by atoms with Crippen molar-refractivity contribution >= 4 is 11.4 Å². The van der Waals surface area contributed by atoms with E-state index in [1.807, 2.05) is 11.9 Å². The highest BCUT2D eigenvalue weighted by molar-refractivity contribution is 5.59. The van der Waals surface area contributed by atoms with Crippen LogP contribution in [0.25, 0.3) is 0 Å². The molecule has 5 heteroatoms. The normalized spacial score (nSPS) is 17.6. The van der Waals surface area contributed by atoms with Gasteiger partial charge < -0.3 is 15.5 Å². The zero-order valence-corrected chi connectivity index (χ0v) is 12.1. The molecule has 20 heavy (non-hydrogen) atoms. The largest absolute Gasteiger partial charge is 0.399 e. The van der Waals surface area contributed by atoms with Crippen molar-refractivity contribution in [3.63, 3.8) is 0 Å². The Bertz CT molecular complexity index is 443. The van der Waals surface area contributed by atoms with Crippen LogP contribution in [0.5, 0.6) is 0 Å². The number of halogens is 2. The third-order valence-corrected chi connectivity index (χ3v) is 4.07. The Labute approximate surface area is 119 Å². The summed E-state index contributed by atoms with van der Waals surface area (Å²) in [6.07, 6.45) is -0.243. The van der Waals surface area contributed by atoms with Crippen molar-refractivity contribution in [1.29, 1.82) is 0 Å². The topological polar surface area (TPSA) is 32.5 Å². The number of likely N-dealkylation sites (tertiary alicyclic amines) is 1. The zero-order valence-electron chi connectivity index (χ0n) is 12.1. The second kappa shape index (κ2) is 6.39. The predicted molar refractivity (Wildman–Crippen MR) is 79.3 cm³/mol. The van der Waals surface area contributed by atoms with Gasteiger partial charge in [0.1, 0.15) is 0 Å². The monoisotopic (exact) mass is 283 g/mol. The third-order valence-electron chi connectivity index (χ3n) is 4.07. The Morgan fingerprint density at radius 2 is 2.00 bits per heavy atom. The summed E-state index contributed by atoms with van der Waals surface area (Å²) in [6, 6.07) is 4.77. The molecular weight excluding hydrogens is 260 g/mol. The molecule has 2 N–H and O–H groups in total. The molecule has 3 nitrogen and oxygen atoms in total. The van der Waals surface area contributed by atoms with E-state index < -0.39 is 6.43 Å². The lowest BCUT2D eigenvalue weighted by molar-refractivity contribution is 0.151. The van der Waals surface area contributed by atoms with E-state index in [1.165, 1.54) is 6.07 Å². The Balaban J connectivity index is 2.07. The molecule has 0 atom stereocenters. The van der Waals surface area contributed by atoms with Gasteiger partial charge in [0.2, 0.25) is 0 Å². The number of alkyl halides is 2. The molecule has 0 aromatic heterocycles. The van der Waals surface area contributed by atoms with Crippen LogP contribution in [0.4, 0.5) is 20.2 Å². The molecule has 112 valence electrons. The molecule has 0 aliphatic carbocycles. The summed E-state index contributed by atoms with van der Waals surface area (Å²) >= 11 is 0. The number of nitrogens with zero attached hydrogens (tertiary/aromatic N) is 2. The van der Waals surface area contributed by atoms with Crippen molar-refractivity contribution in [2.45, 2.75) is 19.3 Å². The number of anilines is 2. The molecule has 1 aromatic carbocycles. The van der Waals surface area contributed by atoms with Crippen molar-refractivity contribution in [1.82, 2.24) is 4.90 Å². The van der Waals surface area contributed by atoms with Crippen LogP contribution in [0.2, 0.25) is 0 Å². The molecule has 2 rings (SSSR count). The van der Waals surface area contributed by atoms with Crippen LogP contribution in [-0.2, 0) is 0 Å². The van der Waals surface area contributed by atoms with Crippen molar-refractivity contribution in [2.24, 2.45) is 5.92 Å². The summed E-state index contributed by atoms with van der Waals surface area (Å²) in [5.74, 6) is 0.569. The van der Waals surface area contributed by atoms with Crippen LogP contribution >= 0.6 is 0 Å². The predicted octanol–water partition coefficient (Wildman–Crippen LogP) is 2.98. The molecule has 1 heterocycles. The van der Waals surface area contributed by atoms with Gasteiger partial charge in [0.25, 0.3) is 6.43 Å².